The van der Waals surface area contributed by atoms with Gasteiger partial charge in [-0.2, -0.15) is 0 Å². The fourth-order valence-corrected chi connectivity index (χ4v) is 8.69. The standard InChI is InChI=1S/C55H102NO10P/c1-3-5-7-9-11-13-15-17-19-21-23-24-25-26-27-29-30-32-34-36-38-40-42-44-46-53(58)56-52(55(60)61)50-66-67(62,63)65-49-51(57)48-64-54(59)47-45-43-41-39-37-35-33-31-28-22-20-18-16-14-12-10-8-6-4-2/h12,14,18,20,28,31,51-52,57H,3-11,13,15-17,19,21-27,29-30,32-50H2,1-2H3,(H,56,58)(H,60,61)(H,62,63)/b14-12-,20-18-,31-28-. The maximum atomic E-state index is 12.4. The molecule has 0 saturated heterocycles. The lowest BCUT2D eigenvalue weighted by atomic mass is 10.0. The number of phosphoric ester groups is 1. The van der Waals surface area contributed by atoms with Crippen LogP contribution in [0.5, 0.6) is 0 Å². The van der Waals surface area contributed by atoms with Gasteiger partial charge in [-0.3, -0.25) is 18.6 Å². The zero-order valence-electron chi connectivity index (χ0n) is 43.0. The largest absolute Gasteiger partial charge is 0.480 e. The molecule has 11 nitrogen and oxygen atoms in total. The molecule has 0 aliphatic rings. The number of aliphatic hydroxyl groups is 1. The second kappa shape index (κ2) is 50.1. The van der Waals surface area contributed by atoms with E-state index in [1.807, 2.05) is 0 Å². The number of phosphoric acid groups is 1. The molecule has 67 heavy (non-hydrogen) atoms. The quantitative estimate of drug-likeness (QED) is 0.0199. The van der Waals surface area contributed by atoms with Crippen LogP contribution in [0.25, 0.3) is 0 Å². The molecule has 0 aromatic carbocycles. The summed E-state index contributed by atoms with van der Waals surface area (Å²) in [6.45, 7) is 2.60. The Morgan fingerprint density at radius 1 is 0.478 bits per heavy atom. The molecule has 392 valence electrons. The fourth-order valence-electron chi connectivity index (χ4n) is 7.91. The van der Waals surface area contributed by atoms with Gasteiger partial charge < -0.3 is 25.2 Å². The minimum Gasteiger partial charge on any atom is -0.480 e. The van der Waals surface area contributed by atoms with Crippen LogP contribution < -0.4 is 5.32 Å². The molecule has 0 saturated carbocycles. The number of aliphatic hydroxyl groups excluding tert-OH is 1. The Labute approximate surface area is 410 Å². The van der Waals surface area contributed by atoms with Crippen LogP contribution in [0.3, 0.4) is 0 Å². The number of amides is 1. The second-order valence-corrected chi connectivity index (χ2v) is 20.2. The first-order chi connectivity index (χ1) is 32.6. The number of ether oxygens (including phenoxy) is 1. The Bertz CT molecular complexity index is 1270. The van der Waals surface area contributed by atoms with Crippen molar-refractivity contribution >= 4 is 25.7 Å². The van der Waals surface area contributed by atoms with Crippen LogP contribution in [-0.2, 0) is 32.7 Å². The minimum atomic E-state index is -4.77. The number of esters is 1. The molecule has 3 atom stereocenters. The monoisotopic (exact) mass is 968 g/mol. The smallest absolute Gasteiger partial charge is 0.472 e. The highest BCUT2D eigenvalue weighted by molar-refractivity contribution is 7.47. The van der Waals surface area contributed by atoms with E-state index in [0.717, 1.165) is 70.6 Å². The average Bonchev–Trinajstić information content (AvgIpc) is 3.31. The summed E-state index contributed by atoms with van der Waals surface area (Å²) < 4.78 is 27.0. The Balaban J connectivity index is 3.79. The SMILES string of the molecule is CCCCC/C=C\C/C=C\C/C=C\CCCCCCCCC(=O)OCC(O)COP(=O)(O)OCC(NC(=O)CCCCCCCCCCCCCCCCCCCCCCCCCC)C(=O)O. The number of carbonyl (C=O) groups excluding carboxylic acids is 2. The average molecular weight is 968 g/mol. The van der Waals surface area contributed by atoms with Gasteiger partial charge in [0.05, 0.1) is 13.2 Å². The molecule has 3 unspecified atom stereocenters. The van der Waals surface area contributed by atoms with Gasteiger partial charge in [-0.1, -0.05) is 237 Å². The van der Waals surface area contributed by atoms with E-state index < -0.39 is 57.6 Å². The highest BCUT2D eigenvalue weighted by atomic mass is 31.2. The van der Waals surface area contributed by atoms with Gasteiger partial charge in [-0.05, 0) is 51.4 Å². The number of hydrogen-bond donors (Lipinski definition) is 4. The summed E-state index contributed by atoms with van der Waals surface area (Å²) in [4.78, 5) is 46.2. The Hall–Kier alpha value is -2.30. The van der Waals surface area contributed by atoms with Crippen molar-refractivity contribution in [2.45, 2.75) is 276 Å². The summed E-state index contributed by atoms with van der Waals surface area (Å²) in [5.41, 5.74) is 0. The first-order valence-corrected chi connectivity index (χ1v) is 29.0. The van der Waals surface area contributed by atoms with Crippen LogP contribution in [0.1, 0.15) is 264 Å². The zero-order chi connectivity index (χ0) is 49.2. The summed E-state index contributed by atoms with van der Waals surface area (Å²) in [5, 5.41) is 22.0. The van der Waals surface area contributed by atoms with Crippen LogP contribution in [0.2, 0.25) is 0 Å². The number of carboxylic acid groups (broad SMARTS) is 1. The maximum Gasteiger partial charge on any atom is 0.472 e. The lowest BCUT2D eigenvalue weighted by Crippen LogP contribution is -2.43. The van der Waals surface area contributed by atoms with Crippen molar-refractivity contribution in [1.29, 1.82) is 0 Å². The van der Waals surface area contributed by atoms with Crippen molar-refractivity contribution in [2.24, 2.45) is 0 Å². The number of rotatable bonds is 52. The normalized spacial score (nSPS) is 13.7. The van der Waals surface area contributed by atoms with Crippen LogP contribution in [-0.4, -0.2) is 64.9 Å². The summed E-state index contributed by atoms with van der Waals surface area (Å²) in [6, 6.07) is -1.55. The number of nitrogens with one attached hydrogen (secondary N) is 1. The first-order valence-electron chi connectivity index (χ1n) is 27.5. The fraction of sp³-hybridized carbons (Fsp3) is 0.836. The molecule has 12 heteroatoms. The highest BCUT2D eigenvalue weighted by Gasteiger charge is 2.28. The van der Waals surface area contributed by atoms with Gasteiger partial charge in [-0.25, -0.2) is 9.36 Å². The van der Waals surface area contributed by atoms with Crippen molar-refractivity contribution in [3.05, 3.63) is 36.5 Å². The predicted octanol–water partition coefficient (Wildman–Crippen LogP) is 15.5. The third-order valence-electron chi connectivity index (χ3n) is 12.2. The van der Waals surface area contributed by atoms with E-state index in [0.29, 0.717) is 12.8 Å². The van der Waals surface area contributed by atoms with Gasteiger partial charge in [-0.15, -0.1) is 0 Å². The summed E-state index contributed by atoms with van der Waals surface area (Å²) in [6.07, 6.45) is 57.4. The van der Waals surface area contributed by atoms with E-state index in [1.54, 1.807) is 0 Å². The zero-order valence-corrected chi connectivity index (χ0v) is 43.9. The molecule has 4 N–H and O–H groups in total. The van der Waals surface area contributed by atoms with Crippen molar-refractivity contribution in [2.75, 3.05) is 19.8 Å². The molecule has 1 amide bonds. The molecule has 0 aromatic rings. The molecule has 0 heterocycles. The number of allylic oxidation sites excluding steroid dienone is 6. The molecule has 0 aliphatic carbocycles. The lowest BCUT2D eigenvalue weighted by molar-refractivity contribution is -0.147. The van der Waals surface area contributed by atoms with Gasteiger partial charge in [0.15, 0.2) is 6.04 Å². The van der Waals surface area contributed by atoms with Gasteiger partial charge in [0.2, 0.25) is 5.91 Å². The molecule has 0 fully saturated rings. The van der Waals surface area contributed by atoms with E-state index in [1.165, 1.54) is 154 Å². The summed E-state index contributed by atoms with van der Waals surface area (Å²) in [7, 11) is -4.77. The van der Waals surface area contributed by atoms with E-state index in [4.69, 9.17) is 13.8 Å². The lowest BCUT2D eigenvalue weighted by Gasteiger charge is -2.18. The molecule has 0 aliphatic heterocycles. The number of carboxylic acids is 1. The Morgan fingerprint density at radius 3 is 1.25 bits per heavy atom. The van der Waals surface area contributed by atoms with Crippen LogP contribution in [0, 0.1) is 0 Å². The van der Waals surface area contributed by atoms with Gasteiger partial charge in [0.25, 0.3) is 0 Å². The van der Waals surface area contributed by atoms with Crippen molar-refractivity contribution < 1.29 is 47.8 Å². The minimum absolute atomic E-state index is 0.149. The molecular weight excluding hydrogens is 866 g/mol. The van der Waals surface area contributed by atoms with Gasteiger partial charge >= 0.3 is 19.8 Å². The molecular formula is C55H102NO10P. The van der Waals surface area contributed by atoms with E-state index >= 15 is 0 Å². The molecule has 0 spiro atoms. The van der Waals surface area contributed by atoms with Crippen LogP contribution >= 0.6 is 7.82 Å². The Kier molecular flexibility index (Phi) is 48.4. The van der Waals surface area contributed by atoms with Crippen molar-refractivity contribution in [1.82, 2.24) is 5.32 Å². The summed E-state index contributed by atoms with van der Waals surface area (Å²) >= 11 is 0. The molecule has 0 bridgehead atoms. The van der Waals surface area contributed by atoms with Gasteiger partial charge in [0.1, 0.15) is 12.7 Å². The first kappa shape index (κ1) is 64.7. The molecule has 0 rings (SSSR count). The van der Waals surface area contributed by atoms with Crippen LogP contribution in [0.15, 0.2) is 36.5 Å². The number of unbranched alkanes of at least 4 members (excludes halogenated alkanes) is 32. The van der Waals surface area contributed by atoms with Crippen LogP contribution in [0.4, 0.5) is 0 Å². The van der Waals surface area contributed by atoms with E-state index in [-0.39, 0.29) is 12.8 Å². The Morgan fingerprint density at radius 2 is 0.821 bits per heavy atom. The molecule has 0 radical (unpaired) electrons. The van der Waals surface area contributed by atoms with E-state index in [2.05, 4.69) is 55.6 Å². The third kappa shape index (κ3) is 49.9. The number of carbonyl (C=O) groups is 3. The molecule has 0 aromatic heterocycles. The van der Waals surface area contributed by atoms with Crippen molar-refractivity contribution in [3.63, 3.8) is 0 Å². The van der Waals surface area contributed by atoms with E-state index in [9.17, 15) is 34.1 Å². The number of aliphatic carboxylic acids is 1. The highest BCUT2D eigenvalue weighted by Crippen LogP contribution is 2.43. The second-order valence-electron chi connectivity index (χ2n) is 18.8. The maximum absolute atomic E-state index is 12.4. The summed E-state index contributed by atoms with van der Waals surface area (Å²) in [5.74, 6) is -2.37. The number of hydrogen-bond acceptors (Lipinski definition) is 8. The van der Waals surface area contributed by atoms with Gasteiger partial charge in [0, 0.05) is 12.8 Å². The topological polar surface area (TPSA) is 169 Å². The third-order valence-corrected chi connectivity index (χ3v) is 13.1. The van der Waals surface area contributed by atoms with Crippen molar-refractivity contribution in [3.8, 4) is 0 Å². The predicted molar refractivity (Wildman–Crippen MR) is 277 cm³/mol.